The minimum atomic E-state index is 0. The highest BCUT2D eigenvalue weighted by atomic mass is 79.9. The Bertz CT molecular complexity index is 700. The van der Waals surface area contributed by atoms with Gasteiger partial charge in [-0.25, -0.2) is 0 Å². The van der Waals surface area contributed by atoms with Gasteiger partial charge < -0.3 is 21.5 Å². The third-order valence-corrected chi connectivity index (χ3v) is 5.66. The van der Waals surface area contributed by atoms with Gasteiger partial charge in [0.1, 0.15) is 13.1 Å². The van der Waals surface area contributed by atoms with Crippen molar-refractivity contribution in [1.29, 1.82) is 0 Å². The Morgan fingerprint density at radius 3 is 2.12 bits per heavy atom. The lowest BCUT2D eigenvalue weighted by atomic mass is 9.96. The van der Waals surface area contributed by atoms with Crippen LogP contribution in [0.1, 0.15) is 41.5 Å². The van der Waals surface area contributed by atoms with Gasteiger partial charge in [-0.15, -0.1) is 0 Å². The highest BCUT2D eigenvalue weighted by Crippen LogP contribution is 2.24. The number of Topliss-reactive ketones (excluding diaryl/α,β-unsaturated/α-hetero) is 1. The fraction of sp³-hybridized carbons (Fsp3) is 0.435. The number of hydrogen-bond acceptors (Lipinski definition) is 1. The maximum atomic E-state index is 13.0. The first-order chi connectivity index (χ1) is 12.1. The van der Waals surface area contributed by atoms with Crippen LogP contribution < -0.4 is 17.0 Å². The molecular formula is C23H30BrNO. The highest BCUT2D eigenvalue weighted by Gasteiger charge is 2.32. The number of carbonyl (C=O) groups excluding carboxylic acids is 1. The molecule has 0 unspecified atom stereocenters. The number of quaternary nitrogens is 1. The molecule has 2 aromatic rings. The summed E-state index contributed by atoms with van der Waals surface area (Å²) < 4.78 is 0.938. The zero-order valence-corrected chi connectivity index (χ0v) is 17.6. The fourth-order valence-corrected chi connectivity index (χ4v) is 4.28. The van der Waals surface area contributed by atoms with E-state index in [1.54, 1.807) is 0 Å². The molecule has 1 saturated heterocycles. The topological polar surface area (TPSA) is 17.1 Å². The van der Waals surface area contributed by atoms with Crippen LogP contribution in [-0.4, -0.2) is 29.9 Å². The van der Waals surface area contributed by atoms with Gasteiger partial charge >= 0.3 is 0 Å². The normalized spacial score (nSPS) is 15.9. The van der Waals surface area contributed by atoms with Crippen molar-refractivity contribution in [3.63, 3.8) is 0 Å². The Kier molecular flexibility index (Phi) is 7.60. The van der Waals surface area contributed by atoms with Crippen LogP contribution in [0.4, 0.5) is 0 Å². The summed E-state index contributed by atoms with van der Waals surface area (Å²) in [5, 5.41) is 0. The molecule has 0 N–H and O–H groups in total. The molecule has 3 heteroatoms. The number of piperidine rings is 1. The standard InChI is InChI=1S/C23H30NO.BrH/c1-19-10-9-11-20(2)23(19)16-22(25)18-24(14-7-4-8-15-24)17-21-12-5-3-6-13-21;/h3,5-6,9-13H,4,7-8,14-18H2,1-2H3;1H/q+1;/p-1. The summed E-state index contributed by atoms with van der Waals surface area (Å²) in [5.41, 5.74) is 5.05. The van der Waals surface area contributed by atoms with Crippen molar-refractivity contribution >= 4 is 5.78 Å². The summed E-state index contributed by atoms with van der Waals surface area (Å²) in [6.45, 7) is 8.15. The van der Waals surface area contributed by atoms with Gasteiger partial charge in [0.05, 0.1) is 13.1 Å². The summed E-state index contributed by atoms with van der Waals surface area (Å²) in [7, 11) is 0. The van der Waals surface area contributed by atoms with E-state index in [0.29, 0.717) is 18.7 Å². The number of benzene rings is 2. The Balaban J connectivity index is 0.00000243. The van der Waals surface area contributed by atoms with Crippen molar-refractivity contribution in [3.05, 3.63) is 70.8 Å². The molecule has 0 aromatic heterocycles. The maximum absolute atomic E-state index is 13.0. The van der Waals surface area contributed by atoms with E-state index in [-0.39, 0.29) is 17.0 Å². The molecule has 26 heavy (non-hydrogen) atoms. The van der Waals surface area contributed by atoms with Crippen molar-refractivity contribution in [2.45, 2.75) is 46.1 Å². The van der Waals surface area contributed by atoms with E-state index in [9.17, 15) is 4.79 Å². The highest BCUT2D eigenvalue weighted by molar-refractivity contribution is 5.82. The maximum Gasteiger partial charge on any atom is 0.191 e. The van der Waals surface area contributed by atoms with Crippen molar-refractivity contribution in [2.24, 2.45) is 0 Å². The first-order valence-corrected chi connectivity index (χ1v) is 9.54. The lowest BCUT2D eigenvalue weighted by Gasteiger charge is -2.41. The van der Waals surface area contributed by atoms with Crippen LogP contribution in [0.25, 0.3) is 0 Å². The summed E-state index contributed by atoms with van der Waals surface area (Å²) >= 11 is 0. The van der Waals surface area contributed by atoms with Crippen LogP contribution in [-0.2, 0) is 17.8 Å². The second-order valence-electron chi connectivity index (χ2n) is 7.74. The largest absolute Gasteiger partial charge is 1.00 e. The molecular weight excluding hydrogens is 386 g/mol. The summed E-state index contributed by atoms with van der Waals surface area (Å²) in [6.07, 6.45) is 4.36. The number of aryl methyl sites for hydroxylation is 2. The molecule has 0 atom stereocenters. The molecule has 1 heterocycles. The molecule has 2 nitrogen and oxygen atoms in total. The van der Waals surface area contributed by atoms with E-state index >= 15 is 0 Å². The van der Waals surface area contributed by atoms with Crippen molar-refractivity contribution in [1.82, 2.24) is 0 Å². The van der Waals surface area contributed by atoms with Crippen LogP contribution in [0.15, 0.2) is 48.5 Å². The van der Waals surface area contributed by atoms with Gasteiger partial charge in [-0.1, -0.05) is 48.5 Å². The quantitative estimate of drug-likeness (QED) is 0.655. The Hall–Kier alpha value is -1.45. The molecule has 0 bridgehead atoms. The number of carbonyl (C=O) groups is 1. The molecule has 0 radical (unpaired) electrons. The van der Waals surface area contributed by atoms with E-state index in [2.05, 4.69) is 62.4 Å². The predicted octanol–water partition coefficient (Wildman–Crippen LogP) is 1.62. The minimum Gasteiger partial charge on any atom is -1.00 e. The van der Waals surface area contributed by atoms with E-state index in [1.807, 2.05) is 0 Å². The molecule has 1 aliphatic heterocycles. The lowest BCUT2D eigenvalue weighted by Crippen LogP contribution is -3.00. The van der Waals surface area contributed by atoms with Gasteiger partial charge in [-0.2, -0.15) is 0 Å². The van der Waals surface area contributed by atoms with Crippen LogP contribution in [0, 0.1) is 13.8 Å². The van der Waals surface area contributed by atoms with Crippen LogP contribution in [0.3, 0.4) is 0 Å². The van der Waals surface area contributed by atoms with Gasteiger partial charge in [-0.05, 0) is 49.8 Å². The van der Waals surface area contributed by atoms with Crippen LogP contribution >= 0.6 is 0 Å². The van der Waals surface area contributed by atoms with Crippen molar-refractivity contribution < 1.29 is 26.3 Å². The van der Waals surface area contributed by atoms with Gasteiger partial charge in [-0.3, -0.25) is 4.79 Å². The molecule has 2 aromatic carbocycles. The fourth-order valence-electron chi connectivity index (χ4n) is 4.28. The van der Waals surface area contributed by atoms with E-state index in [4.69, 9.17) is 0 Å². The average Bonchev–Trinajstić information content (AvgIpc) is 2.60. The smallest absolute Gasteiger partial charge is 0.191 e. The molecule has 3 rings (SSSR count). The molecule has 0 aliphatic carbocycles. The van der Waals surface area contributed by atoms with E-state index in [1.165, 1.54) is 41.5 Å². The first kappa shape index (κ1) is 20.9. The Labute approximate surface area is 168 Å². The number of likely N-dealkylation sites (tertiary alicyclic amines) is 1. The molecule has 0 amide bonds. The predicted molar refractivity (Wildman–Crippen MR) is 103 cm³/mol. The zero-order valence-electron chi connectivity index (χ0n) is 16.0. The third kappa shape index (κ3) is 5.28. The summed E-state index contributed by atoms with van der Waals surface area (Å²) in [5.74, 6) is 0.384. The number of halogens is 1. The Morgan fingerprint density at radius 2 is 1.50 bits per heavy atom. The number of nitrogens with zero attached hydrogens (tertiary/aromatic N) is 1. The van der Waals surface area contributed by atoms with Crippen LogP contribution in [0.5, 0.6) is 0 Å². The van der Waals surface area contributed by atoms with E-state index < -0.39 is 0 Å². The van der Waals surface area contributed by atoms with Gasteiger partial charge in [0.15, 0.2) is 5.78 Å². The van der Waals surface area contributed by atoms with E-state index in [0.717, 1.165) is 24.1 Å². The second kappa shape index (κ2) is 9.48. The van der Waals surface area contributed by atoms with Gasteiger partial charge in [0.2, 0.25) is 0 Å². The zero-order chi connectivity index (χ0) is 17.7. The van der Waals surface area contributed by atoms with Crippen molar-refractivity contribution in [2.75, 3.05) is 19.6 Å². The number of ketones is 1. The molecule has 140 valence electrons. The van der Waals surface area contributed by atoms with Crippen molar-refractivity contribution in [3.8, 4) is 0 Å². The van der Waals surface area contributed by atoms with Gasteiger partial charge in [0.25, 0.3) is 0 Å². The monoisotopic (exact) mass is 415 g/mol. The van der Waals surface area contributed by atoms with Crippen LogP contribution in [0.2, 0.25) is 0 Å². The number of hydrogen-bond donors (Lipinski definition) is 0. The minimum absolute atomic E-state index is 0. The summed E-state index contributed by atoms with van der Waals surface area (Å²) in [6, 6.07) is 17.0. The average molecular weight is 416 g/mol. The molecule has 0 saturated carbocycles. The molecule has 0 spiro atoms. The molecule has 1 fully saturated rings. The first-order valence-electron chi connectivity index (χ1n) is 9.54. The van der Waals surface area contributed by atoms with Gasteiger partial charge in [0, 0.05) is 12.0 Å². The Morgan fingerprint density at radius 1 is 0.885 bits per heavy atom. The third-order valence-electron chi connectivity index (χ3n) is 5.66. The summed E-state index contributed by atoms with van der Waals surface area (Å²) in [4.78, 5) is 13.0. The lowest BCUT2D eigenvalue weighted by molar-refractivity contribution is -0.937. The second-order valence-corrected chi connectivity index (χ2v) is 7.74. The molecule has 1 aliphatic rings. The SMILES string of the molecule is Cc1cccc(C)c1CC(=O)C[N+]1(Cc2ccccc2)CCCCC1.[Br-]. The number of rotatable bonds is 6.